The second-order valence-corrected chi connectivity index (χ2v) is 8.55. The number of nitro benzene ring substituents is 1. The molecule has 0 unspecified atom stereocenters. The van der Waals surface area contributed by atoms with E-state index in [2.05, 4.69) is 0 Å². The van der Waals surface area contributed by atoms with E-state index < -0.39 is 20.9 Å². The fraction of sp³-hybridized carbons (Fsp3) is 0.235. The van der Waals surface area contributed by atoms with Crippen molar-refractivity contribution in [1.82, 2.24) is 0 Å². The second-order valence-electron chi connectivity index (χ2n) is 5.88. The predicted octanol–water partition coefficient (Wildman–Crippen LogP) is 4.27. The van der Waals surface area contributed by atoms with Crippen LogP contribution in [0.1, 0.15) is 18.4 Å². The molecule has 0 amide bonds. The number of anilines is 1. The molecule has 150 valence electrons. The van der Waals surface area contributed by atoms with Crippen LogP contribution in [0.25, 0.3) is 0 Å². The maximum Gasteiger partial charge on any atom is 0.303 e. The number of carbonyl (C=O) groups is 1. The van der Waals surface area contributed by atoms with E-state index in [1.54, 1.807) is 0 Å². The number of halogens is 2. The van der Waals surface area contributed by atoms with Gasteiger partial charge in [-0.25, -0.2) is 8.42 Å². The summed E-state index contributed by atoms with van der Waals surface area (Å²) in [6, 6.07) is 7.59. The molecule has 8 nitrogen and oxygen atoms in total. The molecule has 0 atom stereocenters. The molecule has 0 heterocycles. The van der Waals surface area contributed by atoms with Crippen LogP contribution >= 0.6 is 23.2 Å². The van der Waals surface area contributed by atoms with Crippen molar-refractivity contribution in [3.8, 4) is 0 Å². The number of carboxylic acid groups (broad SMARTS) is 1. The zero-order valence-electron chi connectivity index (χ0n) is 14.6. The third-order valence-corrected chi connectivity index (χ3v) is 6.44. The number of hydrogen-bond acceptors (Lipinski definition) is 5. The van der Waals surface area contributed by atoms with Gasteiger partial charge in [-0.05, 0) is 43.2 Å². The summed E-state index contributed by atoms with van der Waals surface area (Å²) >= 11 is 11.8. The molecule has 0 saturated carbocycles. The van der Waals surface area contributed by atoms with Crippen molar-refractivity contribution < 1.29 is 23.2 Å². The number of carboxylic acids is 1. The molecular weight excluding hydrogens is 431 g/mol. The fourth-order valence-corrected chi connectivity index (χ4v) is 4.50. The molecular formula is C17H16Cl2N2O6S. The van der Waals surface area contributed by atoms with Gasteiger partial charge in [-0.1, -0.05) is 23.2 Å². The second kappa shape index (κ2) is 8.76. The Bertz CT molecular complexity index is 1030. The number of hydrogen-bond donors (Lipinski definition) is 1. The summed E-state index contributed by atoms with van der Waals surface area (Å²) in [5, 5.41) is 20.0. The molecule has 1 N–H and O–H groups in total. The van der Waals surface area contributed by atoms with Crippen LogP contribution in [0.3, 0.4) is 0 Å². The zero-order valence-corrected chi connectivity index (χ0v) is 17.0. The van der Waals surface area contributed by atoms with E-state index in [4.69, 9.17) is 28.3 Å². The highest BCUT2D eigenvalue weighted by Crippen LogP contribution is 2.32. The summed E-state index contributed by atoms with van der Waals surface area (Å²) in [6.07, 6.45) is -0.189. The first-order valence-electron chi connectivity index (χ1n) is 7.98. The fourth-order valence-electron chi connectivity index (χ4n) is 2.54. The van der Waals surface area contributed by atoms with Crippen LogP contribution in [-0.4, -0.2) is 31.0 Å². The third kappa shape index (κ3) is 4.92. The van der Waals surface area contributed by atoms with Gasteiger partial charge in [0, 0.05) is 25.1 Å². The van der Waals surface area contributed by atoms with Gasteiger partial charge in [-0.2, -0.15) is 0 Å². The maximum atomic E-state index is 13.2. The van der Waals surface area contributed by atoms with Crippen molar-refractivity contribution >= 4 is 50.6 Å². The topological polar surface area (TPSA) is 118 Å². The molecule has 2 aromatic carbocycles. The van der Waals surface area contributed by atoms with E-state index in [0.717, 1.165) is 4.31 Å². The Balaban J connectivity index is 2.53. The quantitative estimate of drug-likeness (QED) is 0.477. The summed E-state index contributed by atoms with van der Waals surface area (Å²) in [4.78, 5) is 21.1. The van der Waals surface area contributed by atoms with E-state index in [0.29, 0.717) is 5.56 Å². The van der Waals surface area contributed by atoms with E-state index in [1.807, 2.05) is 0 Å². The zero-order chi connectivity index (χ0) is 21.1. The Kier molecular flexibility index (Phi) is 6.87. The van der Waals surface area contributed by atoms with Crippen LogP contribution in [0.4, 0.5) is 11.4 Å². The maximum absolute atomic E-state index is 13.2. The molecule has 28 heavy (non-hydrogen) atoms. The standard InChI is InChI=1S/C17H16Cl2N2O6S/c1-11-9-12(21(24)25)4-7-16(11)20(8-2-3-17(22)23)28(26,27)13-5-6-14(18)15(19)10-13/h4-7,9-10H,2-3,8H2,1H3,(H,22,23). The van der Waals surface area contributed by atoms with Crippen LogP contribution in [0.5, 0.6) is 0 Å². The first-order chi connectivity index (χ1) is 13.0. The summed E-state index contributed by atoms with van der Waals surface area (Å²) in [5.41, 5.74) is 0.383. The SMILES string of the molecule is Cc1cc([N+](=O)[O-])ccc1N(CCCC(=O)O)S(=O)(=O)c1ccc(Cl)c(Cl)c1. The Morgan fingerprint density at radius 1 is 1.18 bits per heavy atom. The van der Waals surface area contributed by atoms with Gasteiger partial charge in [0.2, 0.25) is 0 Å². The Morgan fingerprint density at radius 2 is 1.86 bits per heavy atom. The van der Waals surface area contributed by atoms with Crippen molar-refractivity contribution in [2.24, 2.45) is 0 Å². The van der Waals surface area contributed by atoms with Crippen LogP contribution in [0.2, 0.25) is 10.0 Å². The lowest BCUT2D eigenvalue weighted by Gasteiger charge is -2.26. The Hall–Kier alpha value is -2.36. The lowest BCUT2D eigenvalue weighted by molar-refractivity contribution is -0.384. The van der Waals surface area contributed by atoms with Gasteiger partial charge in [0.05, 0.1) is 25.6 Å². The van der Waals surface area contributed by atoms with Gasteiger partial charge >= 0.3 is 5.97 Å². The Labute approximate surface area is 171 Å². The summed E-state index contributed by atoms with van der Waals surface area (Å²) in [5.74, 6) is -1.06. The van der Waals surface area contributed by atoms with E-state index in [1.165, 1.54) is 43.3 Å². The minimum Gasteiger partial charge on any atom is -0.481 e. The van der Waals surface area contributed by atoms with Crippen molar-refractivity contribution in [3.63, 3.8) is 0 Å². The molecule has 11 heteroatoms. The van der Waals surface area contributed by atoms with Gasteiger partial charge in [0.25, 0.3) is 15.7 Å². The van der Waals surface area contributed by atoms with Crippen LogP contribution in [0.15, 0.2) is 41.3 Å². The van der Waals surface area contributed by atoms with Crippen molar-refractivity contribution in [2.45, 2.75) is 24.7 Å². The number of non-ortho nitro benzene ring substituents is 1. The Morgan fingerprint density at radius 3 is 2.39 bits per heavy atom. The molecule has 0 radical (unpaired) electrons. The number of aryl methyl sites for hydroxylation is 1. The number of benzene rings is 2. The van der Waals surface area contributed by atoms with Gasteiger partial charge in [0.1, 0.15) is 0 Å². The highest BCUT2D eigenvalue weighted by Gasteiger charge is 2.27. The normalized spacial score (nSPS) is 11.2. The first kappa shape index (κ1) is 21.9. The van der Waals surface area contributed by atoms with Gasteiger partial charge in [0.15, 0.2) is 0 Å². The third-order valence-electron chi connectivity index (χ3n) is 3.89. The van der Waals surface area contributed by atoms with Crippen LogP contribution in [-0.2, 0) is 14.8 Å². The first-order valence-corrected chi connectivity index (χ1v) is 10.2. The van der Waals surface area contributed by atoms with Gasteiger partial charge in [-0.15, -0.1) is 0 Å². The molecule has 0 aliphatic carbocycles. The van der Waals surface area contributed by atoms with E-state index >= 15 is 0 Å². The van der Waals surface area contributed by atoms with Crippen molar-refractivity contribution in [3.05, 3.63) is 62.1 Å². The summed E-state index contributed by atoms with van der Waals surface area (Å²) < 4.78 is 27.4. The molecule has 0 aliphatic heterocycles. The summed E-state index contributed by atoms with van der Waals surface area (Å²) in [6.45, 7) is 1.41. The monoisotopic (exact) mass is 446 g/mol. The lowest BCUT2D eigenvalue weighted by atomic mass is 10.1. The molecule has 0 spiro atoms. The van der Waals surface area contributed by atoms with Gasteiger partial charge in [-0.3, -0.25) is 19.2 Å². The number of rotatable bonds is 8. The van der Waals surface area contributed by atoms with Gasteiger partial charge < -0.3 is 5.11 Å². The van der Waals surface area contributed by atoms with Crippen molar-refractivity contribution in [2.75, 3.05) is 10.8 Å². The molecule has 0 bridgehead atoms. The number of aliphatic carboxylic acids is 1. The largest absolute Gasteiger partial charge is 0.481 e. The minimum absolute atomic E-state index is 0.0479. The average Bonchev–Trinajstić information content (AvgIpc) is 2.61. The number of nitrogens with zero attached hydrogens (tertiary/aromatic N) is 2. The number of sulfonamides is 1. The predicted molar refractivity (Wildman–Crippen MR) is 106 cm³/mol. The molecule has 2 aromatic rings. The number of nitro groups is 1. The van der Waals surface area contributed by atoms with E-state index in [-0.39, 0.29) is 45.7 Å². The summed E-state index contributed by atoms with van der Waals surface area (Å²) in [7, 11) is -4.12. The molecule has 0 fully saturated rings. The highest BCUT2D eigenvalue weighted by atomic mass is 35.5. The lowest BCUT2D eigenvalue weighted by Crippen LogP contribution is -2.33. The van der Waals surface area contributed by atoms with Crippen molar-refractivity contribution in [1.29, 1.82) is 0 Å². The van der Waals surface area contributed by atoms with Crippen LogP contribution < -0.4 is 4.31 Å². The van der Waals surface area contributed by atoms with Crippen LogP contribution in [0, 0.1) is 17.0 Å². The minimum atomic E-state index is -4.12. The highest BCUT2D eigenvalue weighted by molar-refractivity contribution is 7.92. The average molecular weight is 447 g/mol. The molecule has 0 saturated heterocycles. The van der Waals surface area contributed by atoms with E-state index in [9.17, 15) is 23.3 Å². The smallest absolute Gasteiger partial charge is 0.303 e. The molecule has 0 aromatic heterocycles. The molecule has 0 aliphatic rings. The molecule has 2 rings (SSSR count).